The molecule has 0 aliphatic rings. The Morgan fingerprint density at radius 1 is 1.16 bits per heavy atom. The second-order valence-corrected chi connectivity index (χ2v) is 5.50. The fourth-order valence-corrected chi connectivity index (χ4v) is 2.35. The van der Waals surface area contributed by atoms with Gasteiger partial charge < -0.3 is 15.0 Å². The highest BCUT2D eigenvalue weighted by atomic mass is 19.1. The number of likely N-dealkylation sites (N-methyl/N-ethyl adjacent to an activating group) is 1. The lowest BCUT2D eigenvalue weighted by atomic mass is 10.2. The van der Waals surface area contributed by atoms with Crippen LogP contribution in [-0.2, 0) is 16.1 Å². The summed E-state index contributed by atoms with van der Waals surface area (Å²) in [5, 5.41) is 2.66. The molecule has 25 heavy (non-hydrogen) atoms. The van der Waals surface area contributed by atoms with Gasteiger partial charge in [-0.1, -0.05) is 24.3 Å². The van der Waals surface area contributed by atoms with E-state index in [-0.39, 0.29) is 24.2 Å². The summed E-state index contributed by atoms with van der Waals surface area (Å²) < 4.78 is 18.8. The van der Waals surface area contributed by atoms with Crippen molar-refractivity contribution in [2.45, 2.75) is 20.4 Å². The number of halogens is 1. The van der Waals surface area contributed by atoms with Crippen molar-refractivity contribution in [2.24, 2.45) is 0 Å². The van der Waals surface area contributed by atoms with E-state index in [1.807, 2.05) is 6.92 Å². The van der Waals surface area contributed by atoms with Crippen molar-refractivity contribution >= 4 is 17.5 Å². The number of hydrogen-bond donors (Lipinski definition) is 1. The average molecular weight is 344 g/mol. The summed E-state index contributed by atoms with van der Waals surface area (Å²) in [5.74, 6) is -0.345. The van der Waals surface area contributed by atoms with Gasteiger partial charge in [-0.15, -0.1) is 0 Å². The van der Waals surface area contributed by atoms with E-state index in [4.69, 9.17) is 4.74 Å². The molecule has 0 radical (unpaired) electrons. The smallest absolute Gasteiger partial charge is 0.260 e. The number of carbonyl (C=O) groups excluding carboxylic acids is 2. The van der Waals surface area contributed by atoms with Gasteiger partial charge in [-0.2, -0.15) is 0 Å². The van der Waals surface area contributed by atoms with Crippen LogP contribution in [0.1, 0.15) is 19.4 Å². The van der Waals surface area contributed by atoms with Crippen molar-refractivity contribution in [1.29, 1.82) is 0 Å². The maximum absolute atomic E-state index is 13.3. The Bertz CT molecular complexity index is 749. The van der Waals surface area contributed by atoms with Crippen LogP contribution in [0.25, 0.3) is 0 Å². The zero-order valence-electron chi connectivity index (χ0n) is 14.3. The van der Waals surface area contributed by atoms with Crippen molar-refractivity contribution in [3.8, 4) is 5.75 Å². The van der Waals surface area contributed by atoms with Crippen LogP contribution >= 0.6 is 0 Å². The Morgan fingerprint density at radius 2 is 1.92 bits per heavy atom. The van der Waals surface area contributed by atoms with Crippen molar-refractivity contribution in [1.82, 2.24) is 4.90 Å². The van der Waals surface area contributed by atoms with E-state index in [0.717, 1.165) is 0 Å². The predicted octanol–water partition coefficient (Wildman–Crippen LogP) is 3.21. The lowest BCUT2D eigenvalue weighted by molar-refractivity contribution is -0.133. The van der Waals surface area contributed by atoms with Gasteiger partial charge in [0.1, 0.15) is 11.6 Å². The largest absolute Gasteiger partial charge is 0.482 e. The van der Waals surface area contributed by atoms with Crippen molar-refractivity contribution in [2.75, 3.05) is 18.5 Å². The Hall–Kier alpha value is -2.89. The van der Waals surface area contributed by atoms with E-state index >= 15 is 0 Å². The molecule has 0 spiro atoms. The molecule has 0 aliphatic carbocycles. The summed E-state index contributed by atoms with van der Waals surface area (Å²) in [7, 11) is 0. The first-order valence-corrected chi connectivity index (χ1v) is 8.01. The standard InChI is InChI=1S/C19H21FN2O3/c1-3-22(12-15-7-6-8-16(20)11-15)19(24)13-25-18-10-5-4-9-17(18)21-14(2)23/h4-11H,3,12-13H2,1-2H3,(H,21,23). The molecule has 2 rings (SSSR count). The van der Waals surface area contributed by atoms with E-state index < -0.39 is 0 Å². The van der Waals surface area contributed by atoms with Crippen molar-refractivity contribution in [3.05, 3.63) is 59.9 Å². The maximum Gasteiger partial charge on any atom is 0.260 e. The Balaban J connectivity index is 1.99. The number of hydrogen-bond acceptors (Lipinski definition) is 3. The van der Waals surface area contributed by atoms with Gasteiger partial charge in [0.25, 0.3) is 5.91 Å². The highest BCUT2D eigenvalue weighted by Gasteiger charge is 2.14. The van der Waals surface area contributed by atoms with E-state index in [9.17, 15) is 14.0 Å². The van der Waals surface area contributed by atoms with Crippen LogP contribution in [0.2, 0.25) is 0 Å². The Kier molecular flexibility index (Phi) is 6.51. The van der Waals surface area contributed by atoms with Crippen molar-refractivity contribution in [3.63, 3.8) is 0 Å². The fraction of sp³-hybridized carbons (Fsp3) is 0.263. The lowest BCUT2D eigenvalue weighted by Crippen LogP contribution is -2.34. The van der Waals surface area contributed by atoms with Crippen LogP contribution in [0.3, 0.4) is 0 Å². The van der Waals surface area contributed by atoms with Gasteiger partial charge in [-0.05, 0) is 36.8 Å². The summed E-state index contributed by atoms with van der Waals surface area (Å²) in [5.41, 5.74) is 1.23. The lowest BCUT2D eigenvalue weighted by Gasteiger charge is -2.21. The Morgan fingerprint density at radius 3 is 2.60 bits per heavy atom. The molecule has 0 saturated carbocycles. The maximum atomic E-state index is 13.3. The number of para-hydroxylation sites is 2. The summed E-state index contributed by atoms with van der Waals surface area (Å²) in [6.07, 6.45) is 0. The molecule has 0 saturated heterocycles. The van der Waals surface area contributed by atoms with Gasteiger partial charge in [-0.3, -0.25) is 9.59 Å². The molecular weight excluding hydrogens is 323 g/mol. The molecule has 0 aliphatic heterocycles. The van der Waals surface area contributed by atoms with Gasteiger partial charge in [0.15, 0.2) is 6.61 Å². The first-order valence-electron chi connectivity index (χ1n) is 8.01. The van der Waals surface area contributed by atoms with Crippen molar-refractivity contribution < 1.29 is 18.7 Å². The van der Waals surface area contributed by atoms with E-state index in [1.54, 1.807) is 41.3 Å². The molecule has 0 fully saturated rings. The van der Waals surface area contributed by atoms with Crippen LogP contribution < -0.4 is 10.1 Å². The number of rotatable bonds is 7. The fourth-order valence-electron chi connectivity index (χ4n) is 2.35. The number of nitrogens with zero attached hydrogens (tertiary/aromatic N) is 1. The van der Waals surface area contributed by atoms with E-state index in [2.05, 4.69) is 5.32 Å². The number of ether oxygens (including phenoxy) is 1. The molecule has 2 aromatic rings. The second-order valence-electron chi connectivity index (χ2n) is 5.50. The normalized spacial score (nSPS) is 10.2. The van der Waals surface area contributed by atoms with E-state index in [1.165, 1.54) is 19.1 Å². The average Bonchev–Trinajstić information content (AvgIpc) is 2.58. The minimum absolute atomic E-state index is 0.167. The topological polar surface area (TPSA) is 58.6 Å². The number of benzene rings is 2. The van der Waals surface area contributed by atoms with Crippen LogP contribution in [0, 0.1) is 5.82 Å². The quantitative estimate of drug-likeness (QED) is 0.839. The minimum atomic E-state index is -0.332. The molecule has 1 N–H and O–H groups in total. The van der Waals surface area contributed by atoms with Gasteiger partial charge in [0.05, 0.1) is 5.69 Å². The molecule has 5 nitrogen and oxygen atoms in total. The van der Waals surface area contributed by atoms with Crippen LogP contribution in [0.5, 0.6) is 5.75 Å². The molecule has 0 unspecified atom stereocenters. The predicted molar refractivity (Wildman–Crippen MR) is 93.7 cm³/mol. The molecule has 0 atom stereocenters. The summed E-state index contributed by atoms with van der Waals surface area (Å²) >= 11 is 0. The number of nitrogens with one attached hydrogen (secondary N) is 1. The van der Waals surface area contributed by atoms with Crippen LogP contribution in [0.4, 0.5) is 10.1 Å². The van der Waals surface area contributed by atoms with Crippen LogP contribution in [-0.4, -0.2) is 29.9 Å². The van der Waals surface area contributed by atoms with Gasteiger partial charge in [0, 0.05) is 20.0 Å². The number of carbonyl (C=O) groups is 2. The SMILES string of the molecule is CCN(Cc1cccc(F)c1)C(=O)COc1ccccc1NC(C)=O. The van der Waals surface area contributed by atoms with Gasteiger partial charge in [0.2, 0.25) is 5.91 Å². The monoisotopic (exact) mass is 344 g/mol. The summed E-state index contributed by atoms with van der Waals surface area (Å²) in [6.45, 7) is 3.87. The first-order chi connectivity index (χ1) is 12.0. The zero-order chi connectivity index (χ0) is 18.2. The molecule has 0 heterocycles. The molecule has 0 aromatic heterocycles. The minimum Gasteiger partial charge on any atom is -0.482 e. The highest BCUT2D eigenvalue weighted by molar-refractivity contribution is 5.90. The molecule has 2 aromatic carbocycles. The number of anilines is 1. The molecular formula is C19H21FN2O3. The zero-order valence-corrected chi connectivity index (χ0v) is 14.3. The highest BCUT2D eigenvalue weighted by Crippen LogP contribution is 2.23. The third-order valence-corrected chi connectivity index (χ3v) is 3.55. The molecule has 6 heteroatoms. The van der Waals surface area contributed by atoms with E-state index in [0.29, 0.717) is 30.1 Å². The molecule has 2 amide bonds. The molecule has 0 bridgehead atoms. The summed E-state index contributed by atoms with van der Waals surface area (Å²) in [4.78, 5) is 25.2. The van der Waals surface area contributed by atoms with Gasteiger partial charge in [-0.25, -0.2) is 4.39 Å². The number of amides is 2. The third-order valence-electron chi connectivity index (χ3n) is 3.55. The molecule has 132 valence electrons. The second kappa shape index (κ2) is 8.82. The first kappa shape index (κ1) is 18.4. The summed E-state index contributed by atoms with van der Waals surface area (Å²) in [6, 6.07) is 13.1. The van der Waals surface area contributed by atoms with Crippen LogP contribution in [0.15, 0.2) is 48.5 Å². The third kappa shape index (κ3) is 5.60. The van der Waals surface area contributed by atoms with Gasteiger partial charge >= 0.3 is 0 Å². The Labute approximate surface area is 146 Å².